The number of carbonyl (C=O) groups excluding carboxylic acids is 1. The molecule has 0 unspecified atom stereocenters. The highest BCUT2D eigenvalue weighted by Gasteiger charge is 2.13. The van der Waals surface area contributed by atoms with Crippen molar-refractivity contribution in [3.05, 3.63) is 23.5 Å². The molecule has 0 bridgehead atoms. The molecular formula is C11H16N2O2. The van der Waals surface area contributed by atoms with Crippen molar-refractivity contribution in [1.29, 1.82) is 0 Å². The highest BCUT2D eigenvalue weighted by Crippen LogP contribution is 2.21. The third kappa shape index (κ3) is 2.46. The SMILES string of the molecule is CNC(=O)c1cc(C(C)C)ncc1OC. The summed E-state index contributed by atoms with van der Waals surface area (Å²) in [5, 5.41) is 2.58. The molecule has 0 fully saturated rings. The standard InChI is InChI=1S/C11H16N2O2/c1-7(2)9-5-8(11(14)12-3)10(15-4)6-13-9/h5-7H,1-4H3,(H,12,14). The van der Waals surface area contributed by atoms with Crippen LogP contribution in [0, 0.1) is 0 Å². The average Bonchev–Trinajstić information content (AvgIpc) is 2.27. The highest BCUT2D eigenvalue weighted by molar-refractivity contribution is 5.96. The molecule has 0 atom stereocenters. The molecule has 1 rings (SSSR count). The normalized spacial score (nSPS) is 10.2. The molecule has 0 radical (unpaired) electrons. The van der Waals surface area contributed by atoms with Crippen molar-refractivity contribution in [2.45, 2.75) is 19.8 Å². The molecule has 15 heavy (non-hydrogen) atoms. The van der Waals surface area contributed by atoms with Crippen LogP contribution in [0.3, 0.4) is 0 Å². The van der Waals surface area contributed by atoms with Crippen LogP contribution in [0.1, 0.15) is 35.8 Å². The summed E-state index contributed by atoms with van der Waals surface area (Å²) in [5.41, 5.74) is 1.41. The van der Waals surface area contributed by atoms with Gasteiger partial charge in [-0.3, -0.25) is 9.78 Å². The zero-order valence-electron chi connectivity index (χ0n) is 9.50. The first kappa shape index (κ1) is 11.5. The van der Waals surface area contributed by atoms with E-state index in [0.717, 1.165) is 5.69 Å². The van der Waals surface area contributed by atoms with Gasteiger partial charge in [-0.15, -0.1) is 0 Å². The lowest BCUT2D eigenvalue weighted by atomic mass is 10.1. The van der Waals surface area contributed by atoms with E-state index in [1.54, 1.807) is 19.3 Å². The van der Waals surface area contributed by atoms with Crippen molar-refractivity contribution >= 4 is 5.91 Å². The lowest BCUT2D eigenvalue weighted by molar-refractivity contribution is 0.0960. The predicted molar refractivity (Wildman–Crippen MR) is 58.3 cm³/mol. The minimum atomic E-state index is -0.156. The first-order valence-electron chi connectivity index (χ1n) is 4.86. The average molecular weight is 208 g/mol. The number of hydrogen-bond donors (Lipinski definition) is 1. The quantitative estimate of drug-likeness (QED) is 0.820. The van der Waals surface area contributed by atoms with Crippen molar-refractivity contribution in [3.63, 3.8) is 0 Å². The molecule has 1 N–H and O–H groups in total. The van der Waals surface area contributed by atoms with Gasteiger partial charge in [-0.2, -0.15) is 0 Å². The van der Waals surface area contributed by atoms with E-state index in [2.05, 4.69) is 10.3 Å². The number of hydrogen-bond acceptors (Lipinski definition) is 3. The number of nitrogens with one attached hydrogen (secondary N) is 1. The van der Waals surface area contributed by atoms with Crippen LogP contribution in [0.15, 0.2) is 12.3 Å². The number of amides is 1. The maximum Gasteiger partial charge on any atom is 0.254 e. The second-order valence-electron chi connectivity index (χ2n) is 3.54. The molecule has 4 heteroatoms. The molecule has 0 aliphatic rings. The zero-order valence-corrected chi connectivity index (χ0v) is 9.50. The first-order valence-corrected chi connectivity index (χ1v) is 4.86. The molecule has 0 spiro atoms. The summed E-state index contributed by atoms with van der Waals surface area (Å²) >= 11 is 0. The first-order chi connectivity index (χ1) is 7.10. The van der Waals surface area contributed by atoms with Crippen LogP contribution in [-0.2, 0) is 0 Å². The van der Waals surface area contributed by atoms with Gasteiger partial charge in [0.15, 0.2) is 0 Å². The monoisotopic (exact) mass is 208 g/mol. The summed E-state index contributed by atoms with van der Waals surface area (Å²) in [6.07, 6.45) is 1.58. The van der Waals surface area contributed by atoms with Crippen LogP contribution in [0.4, 0.5) is 0 Å². The van der Waals surface area contributed by atoms with Gasteiger partial charge in [0.2, 0.25) is 0 Å². The smallest absolute Gasteiger partial charge is 0.254 e. The highest BCUT2D eigenvalue weighted by atomic mass is 16.5. The van der Waals surface area contributed by atoms with E-state index in [0.29, 0.717) is 17.2 Å². The summed E-state index contributed by atoms with van der Waals surface area (Å²) in [6, 6.07) is 1.77. The van der Waals surface area contributed by atoms with Crippen molar-refractivity contribution in [2.75, 3.05) is 14.2 Å². The molecule has 4 nitrogen and oxygen atoms in total. The van der Waals surface area contributed by atoms with E-state index in [9.17, 15) is 4.79 Å². The molecule has 1 heterocycles. The Balaban J connectivity index is 3.19. The summed E-state index contributed by atoms with van der Waals surface area (Å²) in [5.74, 6) is 0.634. The fourth-order valence-corrected chi connectivity index (χ4v) is 1.25. The molecule has 1 amide bonds. The van der Waals surface area contributed by atoms with Crippen LogP contribution in [-0.4, -0.2) is 25.0 Å². The van der Waals surface area contributed by atoms with Gasteiger partial charge in [-0.05, 0) is 12.0 Å². The third-order valence-electron chi connectivity index (χ3n) is 2.17. The molecule has 1 aromatic heterocycles. The van der Waals surface area contributed by atoms with Gasteiger partial charge in [0, 0.05) is 12.7 Å². The number of pyridine rings is 1. The van der Waals surface area contributed by atoms with Crippen LogP contribution >= 0.6 is 0 Å². The van der Waals surface area contributed by atoms with Crippen LogP contribution < -0.4 is 10.1 Å². The van der Waals surface area contributed by atoms with E-state index in [4.69, 9.17) is 4.74 Å². The Morgan fingerprint density at radius 2 is 2.20 bits per heavy atom. The van der Waals surface area contributed by atoms with E-state index in [1.807, 2.05) is 13.8 Å². The Kier molecular flexibility index (Phi) is 3.66. The van der Waals surface area contributed by atoms with Gasteiger partial charge in [0.05, 0.1) is 18.9 Å². The summed E-state index contributed by atoms with van der Waals surface area (Å²) in [7, 11) is 3.12. The fourth-order valence-electron chi connectivity index (χ4n) is 1.25. The number of nitrogens with zero attached hydrogens (tertiary/aromatic N) is 1. The van der Waals surface area contributed by atoms with E-state index >= 15 is 0 Å². The molecule has 1 aromatic rings. The molecule has 0 aliphatic carbocycles. The second-order valence-corrected chi connectivity index (χ2v) is 3.54. The largest absolute Gasteiger partial charge is 0.494 e. The third-order valence-corrected chi connectivity index (χ3v) is 2.17. The van der Waals surface area contributed by atoms with Crippen LogP contribution in [0.2, 0.25) is 0 Å². The van der Waals surface area contributed by atoms with Crippen LogP contribution in [0.25, 0.3) is 0 Å². The van der Waals surface area contributed by atoms with Crippen molar-refractivity contribution in [3.8, 4) is 5.75 Å². The Labute approximate surface area is 89.7 Å². The number of carbonyl (C=O) groups is 1. The number of methoxy groups -OCH3 is 1. The minimum Gasteiger partial charge on any atom is -0.494 e. The van der Waals surface area contributed by atoms with E-state index in [1.165, 1.54) is 7.11 Å². The summed E-state index contributed by atoms with van der Waals surface area (Å²) in [6.45, 7) is 4.06. The van der Waals surface area contributed by atoms with Crippen molar-refractivity contribution < 1.29 is 9.53 Å². The Hall–Kier alpha value is -1.58. The molecule has 82 valence electrons. The van der Waals surface area contributed by atoms with E-state index < -0.39 is 0 Å². The van der Waals surface area contributed by atoms with Gasteiger partial charge in [0.25, 0.3) is 5.91 Å². The molecular weight excluding hydrogens is 192 g/mol. The number of ether oxygens (including phenoxy) is 1. The summed E-state index contributed by atoms with van der Waals surface area (Å²) in [4.78, 5) is 15.8. The topological polar surface area (TPSA) is 51.2 Å². The Bertz CT molecular complexity index is 362. The molecule has 0 aromatic carbocycles. The van der Waals surface area contributed by atoms with Gasteiger partial charge in [-0.1, -0.05) is 13.8 Å². The van der Waals surface area contributed by atoms with Gasteiger partial charge < -0.3 is 10.1 Å². The predicted octanol–water partition coefficient (Wildman–Crippen LogP) is 1.57. The molecule has 0 saturated heterocycles. The fraction of sp³-hybridized carbons (Fsp3) is 0.455. The zero-order chi connectivity index (χ0) is 11.4. The molecule has 0 aliphatic heterocycles. The molecule has 0 saturated carbocycles. The lowest BCUT2D eigenvalue weighted by Crippen LogP contribution is -2.19. The van der Waals surface area contributed by atoms with Crippen molar-refractivity contribution in [1.82, 2.24) is 10.3 Å². The number of aromatic nitrogens is 1. The van der Waals surface area contributed by atoms with Gasteiger partial charge in [-0.25, -0.2) is 0 Å². The van der Waals surface area contributed by atoms with Gasteiger partial charge in [0.1, 0.15) is 5.75 Å². The second kappa shape index (κ2) is 4.77. The van der Waals surface area contributed by atoms with Gasteiger partial charge >= 0.3 is 0 Å². The Morgan fingerprint density at radius 1 is 1.53 bits per heavy atom. The van der Waals surface area contributed by atoms with Crippen molar-refractivity contribution in [2.24, 2.45) is 0 Å². The van der Waals surface area contributed by atoms with Crippen LogP contribution in [0.5, 0.6) is 5.75 Å². The Morgan fingerprint density at radius 3 is 2.67 bits per heavy atom. The summed E-state index contributed by atoms with van der Waals surface area (Å²) < 4.78 is 5.08. The van der Waals surface area contributed by atoms with E-state index in [-0.39, 0.29) is 5.91 Å². The minimum absolute atomic E-state index is 0.156. The maximum absolute atomic E-state index is 11.5. The maximum atomic E-state index is 11.5. The number of rotatable bonds is 3. The lowest BCUT2D eigenvalue weighted by Gasteiger charge is -2.10.